The maximum atomic E-state index is 15.7. The molecule has 0 radical (unpaired) electrons. The Hall–Kier alpha value is -6.32. The van der Waals surface area contributed by atoms with Crippen molar-refractivity contribution < 1.29 is 75.4 Å². The number of hydrogen-bond acceptors (Lipinski definition) is 13. The Balaban J connectivity index is 1.26. The van der Waals surface area contributed by atoms with E-state index in [4.69, 9.17) is 16.3 Å². The van der Waals surface area contributed by atoms with Crippen molar-refractivity contribution >= 4 is 82.5 Å². The zero-order valence-corrected chi connectivity index (χ0v) is 61.8. The maximum Gasteiger partial charge on any atom is 0.393 e. The van der Waals surface area contributed by atoms with Gasteiger partial charge in [0.25, 0.3) is 0 Å². The molecule has 7 fully saturated rings. The summed E-state index contributed by atoms with van der Waals surface area (Å²) in [6, 6.07) is -8.63. The molecule has 25 nitrogen and oxygen atoms in total. The second-order valence-corrected chi connectivity index (χ2v) is 31.0. The Labute approximate surface area is 594 Å². The Kier molecular flexibility index (Phi) is 29.3. The summed E-state index contributed by atoms with van der Waals surface area (Å²) in [5.74, 6) is -10.8. The Morgan fingerprint density at radius 2 is 1.22 bits per heavy atom. The third-order valence-electron chi connectivity index (χ3n) is 22.9. The zero-order valence-electron chi connectivity index (χ0n) is 61.1. The molecule has 4 aliphatic carbocycles. The van der Waals surface area contributed by atoms with Crippen LogP contribution in [0.2, 0.25) is 0 Å². The fourth-order valence-corrected chi connectivity index (χ4v) is 16.6. The minimum atomic E-state index is -4.51. The number of ether oxygens (including phenoxy) is 1. The third-order valence-corrected chi connectivity index (χ3v) is 23.3. The van der Waals surface area contributed by atoms with Gasteiger partial charge in [0.2, 0.25) is 70.9 Å². The van der Waals surface area contributed by atoms with Gasteiger partial charge < -0.3 is 64.8 Å². The van der Waals surface area contributed by atoms with Crippen LogP contribution in [0.1, 0.15) is 182 Å². The normalized spacial score (nSPS) is 30.0. The van der Waals surface area contributed by atoms with E-state index >= 15 is 28.8 Å². The molecule has 1 spiro atoms. The molecule has 0 aromatic heterocycles. The van der Waals surface area contributed by atoms with E-state index in [1.165, 1.54) is 78.7 Å². The van der Waals surface area contributed by atoms with Crippen molar-refractivity contribution in [3.63, 3.8) is 0 Å². The molecule has 11 atom stereocenters. The van der Waals surface area contributed by atoms with E-state index in [1.54, 1.807) is 6.92 Å². The highest BCUT2D eigenvalue weighted by molar-refractivity contribution is 6.21. The molecule has 7 rings (SSSR count). The summed E-state index contributed by atoms with van der Waals surface area (Å²) in [7, 11) is 9.99. The van der Waals surface area contributed by atoms with Gasteiger partial charge in [0.05, 0.1) is 45.2 Å². The molecule has 7 aliphatic rings. The number of halogens is 4. The molecule has 0 bridgehead atoms. The quantitative estimate of drug-likeness (QED) is 0.232. The molecule has 29 heteroatoms. The summed E-state index contributed by atoms with van der Waals surface area (Å²) in [4.78, 5) is 190. The van der Waals surface area contributed by atoms with E-state index in [0.717, 1.165) is 66.1 Å². The van der Waals surface area contributed by atoms with E-state index < -0.39 is 174 Å². The van der Waals surface area contributed by atoms with Gasteiger partial charge in [-0.1, -0.05) is 85.5 Å². The van der Waals surface area contributed by atoms with Crippen molar-refractivity contribution in [2.24, 2.45) is 35.5 Å². The van der Waals surface area contributed by atoms with Gasteiger partial charge in [0.1, 0.15) is 47.8 Å². The van der Waals surface area contributed by atoms with Gasteiger partial charge in [-0.25, -0.2) is 0 Å². The molecular weight excluding hydrogens is 1320 g/mol. The average molecular weight is 1440 g/mol. The number of carbonyl (C=O) groups excluding carboxylic acids is 12. The average Bonchev–Trinajstić information content (AvgIpc) is 0.971. The standard InChI is InChI=1S/C71H114ClF3N12O13/c1-12-45(4)60-67(97)81(7)42-58(90)79(5)43-59(91)83(9)54(39-46-21-15-13-16-22-46)65(95)80(6)41-56(88)76-51(29-27-47-26-28-49(50(72)38-47)71(73,74)75)64(94)87-32-19-25-52(87)63(93)78-70(30-20-31-70)69(99)85(11)61(48-23-17-14-18-24-48)68(98)84(10)55(66(96)86-33-35-100-36-34-86)40-57(89)82(8)53(37-44(2)3)62(92)77-60/h44-55,60-61H,12-43H2,1-11H3,(H,76,88)(H,77,92)(H,78,93)/t45-,47?,49?,50?,51-,52-,53-,54-,55-,60-,61-/m0/s1. The molecule has 0 aromatic rings. The second kappa shape index (κ2) is 36.2. The van der Waals surface area contributed by atoms with Gasteiger partial charge in [0.15, 0.2) is 0 Å². The van der Waals surface area contributed by atoms with E-state index in [1.807, 2.05) is 20.8 Å². The molecule has 12 amide bonds. The van der Waals surface area contributed by atoms with Crippen molar-refractivity contribution in [1.82, 2.24) is 60.0 Å². The smallest absolute Gasteiger partial charge is 0.378 e. The molecule has 564 valence electrons. The van der Waals surface area contributed by atoms with Crippen LogP contribution < -0.4 is 16.0 Å². The fraction of sp³-hybridized carbons (Fsp3) is 0.831. The molecule has 4 saturated carbocycles. The van der Waals surface area contributed by atoms with Crippen LogP contribution in [0.25, 0.3) is 0 Å². The van der Waals surface area contributed by atoms with Gasteiger partial charge >= 0.3 is 6.18 Å². The lowest BCUT2D eigenvalue weighted by Gasteiger charge is -2.47. The van der Waals surface area contributed by atoms with E-state index in [-0.39, 0.29) is 115 Å². The summed E-state index contributed by atoms with van der Waals surface area (Å²) in [5.41, 5.74) is -1.54. The summed E-state index contributed by atoms with van der Waals surface area (Å²) >= 11 is 6.40. The van der Waals surface area contributed by atoms with Crippen LogP contribution in [0, 0.1) is 35.5 Å². The SMILES string of the molecule is CC[C@H](C)[C@@H]1NC(=O)[C@H](CC(C)C)N(C)C(=O)C[C@@H](C(=O)N2CCOCC2)N(C)C(=O)[C@H](C2CCCCC2)N(C)C(=O)C2(CCC2)NC(=O)[C@@H]2CCCN2C(=O)[C@H](CCC2CCC(C(F)(F)F)C(Cl)C2)NC(=O)CN(C)C(=O)[C@H](CC2CCCCC2)N(C)C(=O)CN(C)C(=O)CN(C)C1=O. The van der Waals surface area contributed by atoms with Crippen LogP contribution >= 0.6 is 11.6 Å². The monoisotopic (exact) mass is 1430 g/mol. The first-order valence-corrected chi connectivity index (χ1v) is 37.2. The lowest BCUT2D eigenvalue weighted by Crippen LogP contribution is -2.68. The molecule has 3 N–H and O–H groups in total. The Morgan fingerprint density at radius 1 is 0.610 bits per heavy atom. The summed E-state index contributed by atoms with van der Waals surface area (Å²) in [6.07, 6.45) is 4.95. The number of nitrogens with one attached hydrogen (secondary N) is 3. The molecule has 100 heavy (non-hydrogen) atoms. The topological polar surface area (TPSA) is 279 Å². The van der Waals surface area contributed by atoms with Crippen LogP contribution in [0.15, 0.2) is 0 Å². The van der Waals surface area contributed by atoms with E-state index in [0.29, 0.717) is 32.1 Å². The lowest BCUT2D eigenvalue weighted by molar-refractivity contribution is -0.182. The lowest BCUT2D eigenvalue weighted by atomic mass is 9.74. The van der Waals surface area contributed by atoms with Crippen molar-refractivity contribution in [3.8, 4) is 0 Å². The van der Waals surface area contributed by atoms with Gasteiger partial charge in [-0.3, -0.25) is 57.5 Å². The number of carbonyl (C=O) groups is 12. The first-order chi connectivity index (χ1) is 47.2. The highest BCUT2D eigenvalue weighted by Crippen LogP contribution is 2.44. The Bertz CT molecular complexity index is 2910. The van der Waals surface area contributed by atoms with Gasteiger partial charge in [-0.2, -0.15) is 13.2 Å². The molecule has 3 saturated heterocycles. The minimum absolute atomic E-state index is 0.00102. The fourth-order valence-electron chi connectivity index (χ4n) is 16.0. The summed E-state index contributed by atoms with van der Waals surface area (Å²) in [5, 5.41) is 7.54. The van der Waals surface area contributed by atoms with Gasteiger partial charge in [-0.15, -0.1) is 11.6 Å². The first kappa shape index (κ1) is 81.0. The maximum absolute atomic E-state index is 15.7. The van der Waals surface area contributed by atoms with Crippen LogP contribution in [-0.4, -0.2) is 276 Å². The number of morpholine rings is 1. The number of hydrogen-bond donors (Lipinski definition) is 3. The Morgan fingerprint density at radius 3 is 1.81 bits per heavy atom. The predicted octanol–water partition coefficient (Wildman–Crippen LogP) is 4.94. The number of amides is 12. The van der Waals surface area contributed by atoms with Crippen LogP contribution in [0.4, 0.5) is 13.2 Å². The van der Waals surface area contributed by atoms with Gasteiger partial charge in [0, 0.05) is 74.3 Å². The minimum Gasteiger partial charge on any atom is -0.378 e. The number of likely N-dealkylation sites (N-methyl/N-ethyl adjacent to an activating group) is 7. The summed E-state index contributed by atoms with van der Waals surface area (Å²) < 4.78 is 47.6. The summed E-state index contributed by atoms with van der Waals surface area (Å²) in [6.45, 7) is 6.47. The van der Waals surface area contributed by atoms with Crippen molar-refractivity contribution in [3.05, 3.63) is 0 Å². The van der Waals surface area contributed by atoms with Gasteiger partial charge in [-0.05, 0) is 119 Å². The number of nitrogens with zero attached hydrogens (tertiary/aromatic N) is 9. The second-order valence-electron chi connectivity index (χ2n) is 30.4. The highest BCUT2D eigenvalue weighted by atomic mass is 35.5. The van der Waals surface area contributed by atoms with Crippen molar-refractivity contribution in [2.75, 3.05) is 102 Å². The largest absolute Gasteiger partial charge is 0.393 e. The predicted molar refractivity (Wildman–Crippen MR) is 367 cm³/mol. The molecule has 3 heterocycles. The van der Waals surface area contributed by atoms with Crippen molar-refractivity contribution in [1.29, 1.82) is 0 Å². The first-order valence-electron chi connectivity index (χ1n) is 36.8. The van der Waals surface area contributed by atoms with E-state index in [2.05, 4.69) is 16.0 Å². The molecule has 0 aromatic carbocycles. The highest BCUT2D eigenvalue weighted by Gasteiger charge is 2.53. The molecule has 3 aliphatic heterocycles. The van der Waals surface area contributed by atoms with E-state index in [9.17, 15) is 41.9 Å². The van der Waals surface area contributed by atoms with Crippen LogP contribution in [0.3, 0.4) is 0 Å². The van der Waals surface area contributed by atoms with Crippen LogP contribution in [0.5, 0.6) is 0 Å². The molecule has 3 unspecified atom stereocenters. The molecular formula is C71H114ClF3N12O13. The number of alkyl halides is 4. The number of fused-ring (bicyclic) bond motifs is 1. The number of rotatable bonds is 11. The third kappa shape index (κ3) is 20.3. The zero-order chi connectivity index (χ0) is 73.7. The van der Waals surface area contributed by atoms with Crippen molar-refractivity contribution in [2.45, 2.75) is 241 Å². The van der Waals surface area contributed by atoms with Crippen LogP contribution in [-0.2, 0) is 62.3 Å².